The first-order valence-electron chi connectivity index (χ1n) is 9.29. The average Bonchev–Trinajstić information content (AvgIpc) is 2.70. The first-order valence-corrected chi connectivity index (χ1v) is 9.29. The fourth-order valence-corrected chi connectivity index (χ4v) is 3.08. The molecule has 1 heterocycles. The molecule has 0 fully saturated rings. The number of rotatable bonds is 7. The lowest BCUT2D eigenvalue weighted by atomic mass is 10.1. The molecule has 0 saturated carbocycles. The molecule has 1 N–H and O–H groups in total. The Labute approximate surface area is 160 Å². The second-order valence-electron chi connectivity index (χ2n) is 6.47. The van der Waals surface area contributed by atoms with Crippen LogP contribution in [0.5, 0.6) is 0 Å². The zero-order valence-electron chi connectivity index (χ0n) is 15.9. The van der Waals surface area contributed by atoms with E-state index in [0.717, 1.165) is 24.3 Å². The van der Waals surface area contributed by atoms with Gasteiger partial charge in [-0.15, -0.1) is 0 Å². The van der Waals surface area contributed by atoms with Crippen LogP contribution in [0.1, 0.15) is 28.5 Å². The van der Waals surface area contributed by atoms with Crippen LogP contribution in [-0.2, 0) is 6.42 Å². The van der Waals surface area contributed by atoms with E-state index in [4.69, 9.17) is 0 Å². The molecular formula is C23H25N3O. The first-order chi connectivity index (χ1) is 13.2. The Kier molecular flexibility index (Phi) is 6.21. The molecule has 0 spiro atoms. The van der Waals surface area contributed by atoms with Gasteiger partial charge in [-0.05, 0) is 55.7 Å². The predicted octanol–water partition coefficient (Wildman–Crippen LogP) is 4.52. The number of pyridine rings is 1. The van der Waals surface area contributed by atoms with Crippen molar-refractivity contribution in [3.05, 3.63) is 89.7 Å². The number of nitrogens with zero attached hydrogens (tertiary/aromatic N) is 2. The zero-order chi connectivity index (χ0) is 19.1. The van der Waals surface area contributed by atoms with Gasteiger partial charge in [-0.1, -0.05) is 42.5 Å². The molecule has 0 radical (unpaired) electrons. The van der Waals surface area contributed by atoms with Gasteiger partial charge in [0.15, 0.2) is 0 Å². The fourth-order valence-electron chi connectivity index (χ4n) is 3.08. The summed E-state index contributed by atoms with van der Waals surface area (Å²) in [5.74, 6) is -0.145. The number of anilines is 2. The molecule has 3 aromatic rings. The van der Waals surface area contributed by atoms with Crippen LogP contribution in [0.25, 0.3) is 0 Å². The summed E-state index contributed by atoms with van der Waals surface area (Å²) in [6, 6.07) is 22.3. The van der Waals surface area contributed by atoms with Crippen LogP contribution in [-0.4, -0.2) is 24.0 Å². The third kappa shape index (κ3) is 4.94. The van der Waals surface area contributed by atoms with E-state index in [1.54, 1.807) is 6.20 Å². The summed E-state index contributed by atoms with van der Waals surface area (Å²) in [6.45, 7) is 5.57. The molecule has 0 atom stereocenters. The highest BCUT2D eigenvalue weighted by atomic mass is 16.1. The third-order valence-electron chi connectivity index (χ3n) is 4.46. The van der Waals surface area contributed by atoms with Crippen molar-refractivity contribution in [2.24, 2.45) is 0 Å². The molecular weight excluding hydrogens is 334 g/mol. The lowest BCUT2D eigenvalue weighted by Crippen LogP contribution is -2.27. The maximum absolute atomic E-state index is 12.5. The second kappa shape index (κ2) is 8.99. The summed E-state index contributed by atoms with van der Waals surface area (Å²) in [4.78, 5) is 18.9. The number of amides is 1. The van der Waals surface area contributed by atoms with Crippen molar-refractivity contribution in [3.8, 4) is 0 Å². The highest BCUT2D eigenvalue weighted by Crippen LogP contribution is 2.25. The van der Waals surface area contributed by atoms with E-state index in [2.05, 4.69) is 59.4 Å². The van der Waals surface area contributed by atoms with Crippen molar-refractivity contribution in [2.45, 2.75) is 20.3 Å². The molecule has 4 nitrogen and oxygen atoms in total. The van der Waals surface area contributed by atoms with Crippen molar-refractivity contribution >= 4 is 17.3 Å². The van der Waals surface area contributed by atoms with E-state index >= 15 is 0 Å². The average molecular weight is 359 g/mol. The molecule has 0 aliphatic rings. The van der Waals surface area contributed by atoms with Gasteiger partial charge in [-0.25, -0.2) is 0 Å². The van der Waals surface area contributed by atoms with Gasteiger partial charge in [0.2, 0.25) is 0 Å². The number of carbonyl (C=O) groups is 1. The number of carbonyl (C=O) groups excluding carboxylic acids is 1. The van der Waals surface area contributed by atoms with Crippen molar-refractivity contribution in [1.29, 1.82) is 0 Å². The fraction of sp³-hybridized carbons (Fsp3) is 0.217. The first kappa shape index (κ1) is 18.6. The van der Waals surface area contributed by atoms with E-state index in [1.807, 2.05) is 36.4 Å². The number of benzene rings is 2. The Hall–Kier alpha value is -3.14. The largest absolute Gasteiger partial charge is 0.350 e. The van der Waals surface area contributed by atoms with Crippen LogP contribution in [0.4, 0.5) is 11.4 Å². The summed E-state index contributed by atoms with van der Waals surface area (Å²) in [7, 11) is 0. The third-order valence-corrected chi connectivity index (χ3v) is 4.46. The van der Waals surface area contributed by atoms with Crippen LogP contribution >= 0.6 is 0 Å². The van der Waals surface area contributed by atoms with Gasteiger partial charge >= 0.3 is 0 Å². The van der Waals surface area contributed by atoms with Gasteiger partial charge in [0, 0.05) is 30.7 Å². The standard InChI is InChI=1S/C23H25N3O/c1-3-26(20-11-7-8-18(2)16-20)21-13-15-24-22(17-21)23(27)25-14-12-19-9-5-4-6-10-19/h4-11,13,15-17H,3,12,14H2,1-2H3,(H,25,27). The van der Waals surface area contributed by atoms with Gasteiger partial charge in [0.25, 0.3) is 5.91 Å². The van der Waals surface area contributed by atoms with Crippen molar-refractivity contribution < 1.29 is 4.79 Å². The summed E-state index contributed by atoms with van der Waals surface area (Å²) in [6.07, 6.45) is 2.50. The van der Waals surface area contributed by atoms with E-state index in [9.17, 15) is 4.79 Å². The Morgan fingerprint density at radius 1 is 1.00 bits per heavy atom. The van der Waals surface area contributed by atoms with Gasteiger partial charge in [0.05, 0.1) is 0 Å². The normalized spacial score (nSPS) is 10.4. The Balaban J connectivity index is 1.69. The molecule has 0 bridgehead atoms. The number of aromatic nitrogens is 1. The minimum atomic E-state index is -0.145. The number of aryl methyl sites for hydroxylation is 1. The molecule has 0 aliphatic carbocycles. The predicted molar refractivity (Wildman–Crippen MR) is 111 cm³/mol. The van der Waals surface area contributed by atoms with E-state index < -0.39 is 0 Å². The molecule has 2 aromatic carbocycles. The lowest BCUT2D eigenvalue weighted by Gasteiger charge is -2.24. The molecule has 0 saturated heterocycles. The summed E-state index contributed by atoms with van der Waals surface area (Å²) < 4.78 is 0. The van der Waals surface area contributed by atoms with Crippen LogP contribution in [0.15, 0.2) is 72.9 Å². The molecule has 4 heteroatoms. The molecule has 138 valence electrons. The van der Waals surface area contributed by atoms with E-state index in [-0.39, 0.29) is 5.91 Å². The smallest absolute Gasteiger partial charge is 0.269 e. The van der Waals surface area contributed by atoms with E-state index in [0.29, 0.717) is 12.2 Å². The Bertz CT molecular complexity index is 893. The topological polar surface area (TPSA) is 45.2 Å². The zero-order valence-corrected chi connectivity index (χ0v) is 15.9. The molecule has 1 amide bonds. The van der Waals surface area contributed by atoms with Gasteiger partial charge in [-0.3, -0.25) is 9.78 Å². The van der Waals surface area contributed by atoms with Crippen LogP contribution < -0.4 is 10.2 Å². The van der Waals surface area contributed by atoms with Crippen molar-refractivity contribution in [2.75, 3.05) is 18.0 Å². The quantitative estimate of drug-likeness (QED) is 0.674. The van der Waals surface area contributed by atoms with E-state index in [1.165, 1.54) is 11.1 Å². The minimum Gasteiger partial charge on any atom is -0.350 e. The summed E-state index contributed by atoms with van der Waals surface area (Å²) >= 11 is 0. The Morgan fingerprint density at radius 2 is 1.78 bits per heavy atom. The molecule has 0 aliphatic heterocycles. The summed E-state index contributed by atoms with van der Waals surface area (Å²) in [5, 5.41) is 2.96. The van der Waals surface area contributed by atoms with Crippen molar-refractivity contribution in [3.63, 3.8) is 0 Å². The van der Waals surface area contributed by atoms with Crippen LogP contribution in [0, 0.1) is 6.92 Å². The van der Waals surface area contributed by atoms with Crippen molar-refractivity contribution in [1.82, 2.24) is 10.3 Å². The number of nitrogens with one attached hydrogen (secondary N) is 1. The second-order valence-corrected chi connectivity index (χ2v) is 6.47. The minimum absolute atomic E-state index is 0.145. The SMILES string of the molecule is CCN(c1cccc(C)c1)c1ccnc(C(=O)NCCc2ccccc2)c1. The molecule has 1 aromatic heterocycles. The highest BCUT2D eigenvalue weighted by molar-refractivity contribution is 5.93. The Morgan fingerprint density at radius 3 is 2.52 bits per heavy atom. The van der Waals surface area contributed by atoms with Gasteiger partial charge < -0.3 is 10.2 Å². The highest BCUT2D eigenvalue weighted by Gasteiger charge is 2.12. The van der Waals surface area contributed by atoms with Gasteiger partial charge in [0.1, 0.15) is 5.69 Å². The molecule has 3 rings (SSSR count). The van der Waals surface area contributed by atoms with Gasteiger partial charge in [-0.2, -0.15) is 0 Å². The molecule has 0 unspecified atom stereocenters. The summed E-state index contributed by atoms with van der Waals surface area (Å²) in [5.41, 5.74) is 4.92. The maximum Gasteiger partial charge on any atom is 0.269 e. The monoisotopic (exact) mass is 359 g/mol. The van der Waals surface area contributed by atoms with Crippen LogP contribution in [0.3, 0.4) is 0 Å². The lowest BCUT2D eigenvalue weighted by molar-refractivity contribution is 0.0949. The van der Waals surface area contributed by atoms with Crippen LogP contribution in [0.2, 0.25) is 0 Å². The number of hydrogen-bond acceptors (Lipinski definition) is 3. The maximum atomic E-state index is 12.5. The molecule has 27 heavy (non-hydrogen) atoms. The number of hydrogen-bond donors (Lipinski definition) is 1.